The van der Waals surface area contributed by atoms with E-state index in [1.807, 2.05) is 6.07 Å². The molecule has 0 aliphatic carbocycles. The summed E-state index contributed by atoms with van der Waals surface area (Å²) in [5.74, 6) is -1.05. The summed E-state index contributed by atoms with van der Waals surface area (Å²) in [6.07, 6.45) is 1.27. The number of benzene rings is 1. The summed E-state index contributed by atoms with van der Waals surface area (Å²) in [6.45, 7) is -0.0207. The Balaban J connectivity index is 2.20. The molecule has 0 amide bonds. The maximum atomic E-state index is 10.8. The van der Waals surface area contributed by atoms with Crippen LogP contribution in [0.2, 0.25) is 5.02 Å². The van der Waals surface area contributed by atoms with Crippen LogP contribution in [-0.4, -0.2) is 11.1 Å². The minimum atomic E-state index is -1.17. The molecule has 6 heteroatoms. The molecule has 2 aromatic rings. The molecule has 0 fully saturated rings. The lowest BCUT2D eigenvalue weighted by Gasteiger charge is -2.07. The molecule has 1 aromatic heterocycles. The Morgan fingerprint density at radius 2 is 2.26 bits per heavy atom. The Kier molecular flexibility index (Phi) is 3.74. The van der Waals surface area contributed by atoms with E-state index in [-0.39, 0.29) is 23.0 Å². The van der Waals surface area contributed by atoms with Gasteiger partial charge >= 0.3 is 5.97 Å². The Bertz CT molecular complexity index is 657. The maximum Gasteiger partial charge on any atom is 0.372 e. The first-order chi connectivity index (χ1) is 9.13. The molecular weight excluding hydrogens is 270 g/mol. The topological polar surface area (TPSA) is 83.5 Å². The first-order valence-electron chi connectivity index (χ1n) is 5.24. The van der Waals surface area contributed by atoms with E-state index in [0.717, 1.165) is 0 Å². The van der Waals surface area contributed by atoms with Gasteiger partial charge in [0.25, 0.3) is 0 Å². The smallest absolute Gasteiger partial charge is 0.372 e. The van der Waals surface area contributed by atoms with Gasteiger partial charge in [0.2, 0.25) is 5.76 Å². The Labute approximate surface area is 113 Å². The van der Waals surface area contributed by atoms with Crippen molar-refractivity contribution >= 4 is 17.6 Å². The van der Waals surface area contributed by atoms with E-state index >= 15 is 0 Å². The van der Waals surface area contributed by atoms with Gasteiger partial charge in [-0.25, -0.2) is 4.79 Å². The first kappa shape index (κ1) is 13.0. The molecule has 0 saturated carbocycles. The van der Waals surface area contributed by atoms with Crippen molar-refractivity contribution in [2.24, 2.45) is 0 Å². The number of carboxylic acids is 1. The molecular formula is C13H8ClNO4. The largest absolute Gasteiger partial charge is 0.487 e. The van der Waals surface area contributed by atoms with Crippen LogP contribution in [0.25, 0.3) is 0 Å². The van der Waals surface area contributed by atoms with Gasteiger partial charge in [0.05, 0.1) is 11.3 Å². The second kappa shape index (κ2) is 5.46. The zero-order valence-electron chi connectivity index (χ0n) is 9.59. The molecule has 0 atom stereocenters. The molecule has 5 nitrogen and oxygen atoms in total. The number of aromatic carboxylic acids is 1. The van der Waals surface area contributed by atoms with Gasteiger partial charge in [-0.15, -0.1) is 0 Å². The molecule has 0 spiro atoms. The van der Waals surface area contributed by atoms with Crippen LogP contribution >= 0.6 is 11.6 Å². The van der Waals surface area contributed by atoms with Crippen molar-refractivity contribution in [2.45, 2.75) is 6.61 Å². The second-order valence-corrected chi connectivity index (χ2v) is 4.00. The van der Waals surface area contributed by atoms with E-state index in [9.17, 15) is 4.79 Å². The second-order valence-electron chi connectivity index (χ2n) is 3.59. The van der Waals surface area contributed by atoms with Gasteiger partial charge in [-0.3, -0.25) is 0 Å². The van der Waals surface area contributed by atoms with Crippen LogP contribution in [0.1, 0.15) is 21.7 Å². The monoisotopic (exact) mass is 277 g/mol. The lowest BCUT2D eigenvalue weighted by atomic mass is 10.2. The van der Waals surface area contributed by atoms with Gasteiger partial charge < -0.3 is 14.3 Å². The van der Waals surface area contributed by atoms with E-state index in [4.69, 9.17) is 31.1 Å². The molecule has 0 bridgehead atoms. The molecule has 96 valence electrons. The number of rotatable bonds is 4. The fourth-order valence-corrected chi connectivity index (χ4v) is 1.73. The predicted molar refractivity (Wildman–Crippen MR) is 66.2 cm³/mol. The van der Waals surface area contributed by atoms with Gasteiger partial charge in [-0.2, -0.15) is 5.26 Å². The summed E-state index contributed by atoms with van der Waals surface area (Å²) < 4.78 is 10.2. The highest BCUT2D eigenvalue weighted by molar-refractivity contribution is 6.31. The molecule has 19 heavy (non-hydrogen) atoms. The highest BCUT2D eigenvalue weighted by Gasteiger charge is 2.15. The van der Waals surface area contributed by atoms with Crippen LogP contribution in [0.15, 0.2) is 34.9 Å². The molecule has 2 rings (SSSR count). The zero-order chi connectivity index (χ0) is 13.8. The Morgan fingerprint density at radius 3 is 2.95 bits per heavy atom. The summed E-state index contributed by atoms with van der Waals surface area (Å²) in [4.78, 5) is 10.8. The predicted octanol–water partition coefficient (Wildman–Crippen LogP) is 3.08. The van der Waals surface area contributed by atoms with Crippen molar-refractivity contribution in [3.8, 4) is 11.8 Å². The number of ether oxygens (including phenoxy) is 1. The molecule has 0 unspecified atom stereocenters. The number of halogens is 1. The number of hydrogen-bond acceptors (Lipinski definition) is 4. The van der Waals surface area contributed by atoms with Crippen molar-refractivity contribution in [3.05, 3.63) is 52.4 Å². The Morgan fingerprint density at radius 1 is 1.47 bits per heavy atom. The molecule has 0 aliphatic heterocycles. The number of nitriles is 1. The van der Waals surface area contributed by atoms with Crippen LogP contribution in [0.5, 0.6) is 5.75 Å². The van der Waals surface area contributed by atoms with Crippen molar-refractivity contribution in [1.82, 2.24) is 0 Å². The first-order valence-corrected chi connectivity index (χ1v) is 5.62. The average Bonchev–Trinajstić information content (AvgIpc) is 2.84. The van der Waals surface area contributed by atoms with Crippen LogP contribution in [0.3, 0.4) is 0 Å². The lowest BCUT2D eigenvalue weighted by Crippen LogP contribution is -2.03. The van der Waals surface area contributed by atoms with Crippen LogP contribution in [0.4, 0.5) is 0 Å². The van der Waals surface area contributed by atoms with Gasteiger partial charge in [0.1, 0.15) is 24.0 Å². The fraction of sp³-hybridized carbons (Fsp3) is 0.0769. The Hall–Kier alpha value is -2.45. The minimum absolute atomic E-state index is 0.0207. The third-order valence-corrected chi connectivity index (χ3v) is 2.73. The summed E-state index contributed by atoms with van der Waals surface area (Å²) >= 11 is 5.86. The summed E-state index contributed by atoms with van der Waals surface area (Å²) in [5, 5.41) is 18.1. The number of furan rings is 1. The van der Waals surface area contributed by atoms with Crippen LogP contribution < -0.4 is 4.74 Å². The van der Waals surface area contributed by atoms with Gasteiger partial charge in [0, 0.05) is 5.56 Å². The van der Waals surface area contributed by atoms with Crippen molar-refractivity contribution < 1.29 is 19.1 Å². The standard InChI is InChI=1S/C13H8ClNO4/c14-10-2-1-3-11(9(10)6-15)19-7-8-4-5-18-12(8)13(16)17/h1-5H,7H2,(H,16,17). The number of carbonyl (C=O) groups is 1. The summed E-state index contributed by atoms with van der Waals surface area (Å²) in [7, 11) is 0. The van der Waals surface area contributed by atoms with E-state index in [0.29, 0.717) is 11.3 Å². The molecule has 0 aliphatic rings. The SMILES string of the molecule is N#Cc1c(Cl)cccc1OCc1ccoc1C(=O)O. The van der Waals surface area contributed by atoms with E-state index in [1.165, 1.54) is 12.3 Å². The maximum absolute atomic E-state index is 10.8. The zero-order valence-corrected chi connectivity index (χ0v) is 10.3. The highest BCUT2D eigenvalue weighted by atomic mass is 35.5. The quantitative estimate of drug-likeness (QED) is 0.928. The van der Waals surface area contributed by atoms with Gasteiger partial charge in [-0.05, 0) is 18.2 Å². The van der Waals surface area contributed by atoms with Crippen molar-refractivity contribution in [3.63, 3.8) is 0 Å². The lowest BCUT2D eigenvalue weighted by molar-refractivity contribution is 0.0658. The van der Waals surface area contributed by atoms with Crippen LogP contribution in [-0.2, 0) is 6.61 Å². The summed E-state index contributed by atoms with van der Waals surface area (Å²) in [5.41, 5.74) is 0.598. The third-order valence-electron chi connectivity index (χ3n) is 2.41. The van der Waals surface area contributed by atoms with E-state index in [1.54, 1.807) is 18.2 Å². The molecule has 1 heterocycles. The van der Waals surface area contributed by atoms with E-state index < -0.39 is 5.97 Å². The van der Waals surface area contributed by atoms with Gasteiger partial charge in [-0.1, -0.05) is 17.7 Å². The van der Waals surface area contributed by atoms with Crippen LogP contribution in [0, 0.1) is 11.3 Å². The average molecular weight is 278 g/mol. The number of hydrogen-bond donors (Lipinski definition) is 1. The highest BCUT2D eigenvalue weighted by Crippen LogP contribution is 2.26. The van der Waals surface area contributed by atoms with E-state index in [2.05, 4.69) is 0 Å². The third kappa shape index (κ3) is 2.69. The molecule has 0 radical (unpaired) electrons. The number of nitrogens with zero attached hydrogens (tertiary/aromatic N) is 1. The molecule has 0 saturated heterocycles. The minimum Gasteiger partial charge on any atom is -0.487 e. The van der Waals surface area contributed by atoms with Crippen molar-refractivity contribution in [1.29, 1.82) is 5.26 Å². The molecule has 1 aromatic carbocycles. The van der Waals surface area contributed by atoms with Crippen molar-refractivity contribution in [2.75, 3.05) is 0 Å². The molecule has 1 N–H and O–H groups in total. The summed E-state index contributed by atoms with van der Waals surface area (Å²) in [6, 6.07) is 8.24. The fourth-order valence-electron chi connectivity index (χ4n) is 1.53. The number of carboxylic acid groups (broad SMARTS) is 1. The van der Waals surface area contributed by atoms with Gasteiger partial charge in [0.15, 0.2) is 0 Å². The normalized spacial score (nSPS) is 9.89.